The summed E-state index contributed by atoms with van der Waals surface area (Å²) < 4.78 is 5.23. The largest absolute Gasteiger partial charge is 0.480 e. The van der Waals surface area contributed by atoms with E-state index in [4.69, 9.17) is 4.74 Å². The lowest BCUT2D eigenvalue weighted by molar-refractivity contribution is -0.385. The number of nitro benzene ring substituents is 1. The molecule has 1 amide bonds. The Kier molecular flexibility index (Phi) is 9.72. The number of alkyl carbamates (subject to hydrolysis) is 1. The van der Waals surface area contributed by atoms with Gasteiger partial charge in [0.05, 0.1) is 4.92 Å². The van der Waals surface area contributed by atoms with E-state index in [1.54, 1.807) is 19.1 Å². The molecule has 2 rings (SSSR count). The summed E-state index contributed by atoms with van der Waals surface area (Å²) in [6.07, 6.45) is 0.0432. The molecule has 2 unspecified atom stereocenters. The number of ether oxygens (including phenoxy) is 1. The van der Waals surface area contributed by atoms with E-state index in [1.165, 1.54) is 11.8 Å². The molecule has 0 fully saturated rings. The van der Waals surface area contributed by atoms with E-state index in [-0.39, 0.29) is 24.6 Å². The predicted octanol–water partition coefficient (Wildman–Crippen LogP) is 5.64. The number of carbonyl (C=O) groups is 2. The number of carboxylic acids is 1. The molecule has 2 aromatic carbocycles. The van der Waals surface area contributed by atoms with Crippen LogP contribution in [-0.2, 0) is 16.0 Å². The summed E-state index contributed by atoms with van der Waals surface area (Å²) in [4.78, 5) is 36.8. The molecule has 0 saturated heterocycles. The molecule has 2 atom stereocenters. The Balaban J connectivity index is 2.20. The molecule has 0 radical (unpaired) electrons. The quantitative estimate of drug-likeness (QED) is 0.320. The third-order valence-corrected chi connectivity index (χ3v) is 6.16. The van der Waals surface area contributed by atoms with Gasteiger partial charge in [-0.05, 0) is 42.5 Å². The van der Waals surface area contributed by atoms with Crippen LogP contribution in [0.4, 0.5) is 10.5 Å². The lowest BCUT2D eigenvalue weighted by atomic mass is 9.97. The second-order valence-corrected chi connectivity index (χ2v) is 9.32. The number of amides is 1. The van der Waals surface area contributed by atoms with Gasteiger partial charge in [-0.1, -0.05) is 57.7 Å². The fraction of sp³-hybridized carbons (Fsp3) is 0.417. The fourth-order valence-electron chi connectivity index (χ4n) is 3.33. The van der Waals surface area contributed by atoms with Crippen LogP contribution in [-0.4, -0.2) is 34.7 Å². The highest BCUT2D eigenvalue weighted by atomic mass is 32.2. The number of carbonyl (C=O) groups excluding carboxylic acids is 1. The van der Waals surface area contributed by atoms with Crippen LogP contribution in [0, 0.1) is 16.0 Å². The van der Waals surface area contributed by atoms with Gasteiger partial charge in [0.15, 0.2) is 0 Å². The molecule has 0 aliphatic carbocycles. The molecular formula is C24H30N2O6S. The number of hydrogen-bond donors (Lipinski definition) is 2. The molecule has 33 heavy (non-hydrogen) atoms. The Labute approximate surface area is 197 Å². The van der Waals surface area contributed by atoms with Crippen molar-refractivity contribution in [1.29, 1.82) is 0 Å². The van der Waals surface area contributed by atoms with Crippen molar-refractivity contribution in [2.75, 3.05) is 6.61 Å². The number of nitrogens with one attached hydrogen (secondary N) is 1. The summed E-state index contributed by atoms with van der Waals surface area (Å²) in [6, 6.07) is 12.0. The maximum atomic E-state index is 12.2. The van der Waals surface area contributed by atoms with Crippen molar-refractivity contribution >= 4 is 29.5 Å². The molecule has 2 aromatic rings. The lowest BCUT2D eigenvalue weighted by Gasteiger charge is -2.19. The number of rotatable bonds is 11. The van der Waals surface area contributed by atoms with E-state index in [0.29, 0.717) is 12.0 Å². The van der Waals surface area contributed by atoms with Crippen molar-refractivity contribution in [3.05, 3.63) is 63.7 Å². The van der Waals surface area contributed by atoms with Gasteiger partial charge in [0.1, 0.15) is 12.6 Å². The van der Waals surface area contributed by atoms with Gasteiger partial charge < -0.3 is 15.2 Å². The third kappa shape index (κ3) is 7.78. The molecule has 8 nitrogen and oxygen atoms in total. The van der Waals surface area contributed by atoms with E-state index in [9.17, 15) is 24.8 Å². The number of benzene rings is 2. The normalized spacial score (nSPS) is 12.8. The zero-order chi connectivity index (χ0) is 24.5. The molecular weight excluding hydrogens is 444 g/mol. The minimum atomic E-state index is -1.14. The summed E-state index contributed by atoms with van der Waals surface area (Å²) in [6.45, 7) is 7.27. The highest BCUT2D eigenvalue weighted by molar-refractivity contribution is 7.99. The first-order valence-electron chi connectivity index (χ1n) is 10.8. The van der Waals surface area contributed by atoms with Crippen molar-refractivity contribution in [3.8, 4) is 0 Å². The monoisotopic (exact) mass is 474 g/mol. The predicted molar refractivity (Wildman–Crippen MR) is 127 cm³/mol. The maximum absolute atomic E-state index is 12.2. The summed E-state index contributed by atoms with van der Waals surface area (Å²) in [5.74, 6) is -1.53. The highest BCUT2D eigenvalue weighted by Gasteiger charge is 2.25. The van der Waals surface area contributed by atoms with E-state index in [1.807, 2.05) is 51.1 Å². The zero-order valence-electron chi connectivity index (χ0n) is 19.2. The second kappa shape index (κ2) is 12.2. The van der Waals surface area contributed by atoms with E-state index < -0.39 is 28.9 Å². The molecule has 2 N–H and O–H groups in total. The van der Waals surface area contributed by atoms with Gasteiger partial charge in [-0.15, -0.1) is 0 Å². The molecule has 9 heteroatoms. The number of hydrogen-bond acceptors (Lipinski definition) is 6. The Morgan fingerprint density at radius 1 is 1.18 bits per heavy atom. The number of aliphatic carboxylic acids is 1. The summed E-state index contributed by atoms with van der Waals surface area (Å²) >= 11 is 1.52. The SMILES string of the molecule is CCc1cc([N+](=O)[O-])c(C(C)COC(=O)NC(CC(C)C)C(=O)O)cc1Sc1ccccc1. The minimum Gasteiger partial charge on any atom is -0.480 e. The first kappa shape index (κ1) is 26.2. The smallest absolute Gasteiger partial charge is 0.407 e. The lowest BCUT2D eigenvalue weighted by Crippen LogP contribution is -2.42. The fourth-order valence-corrected chi connectivity index (χ4v) is 4.40. The van der Waals surface area contributed by atoms with Gasteiger partial charge >= 0.3 is 12.1 Å². The zero-order valence-corrected chi connectivity index (χ0v) is 20.1. The second-order valence-electron chi connectivity index (χ2n) is 8.21. The van der Waals surface area contributed by atoms with Crippen LogP contribution >= 0.6 is 11.8 Å². The van der Waals surface area contributed by atoms with Crippen LogP contribution in [0.3, 0.4) is 0 Å². The molecule has 0 aliphatic heterocycles. The molecule has 0 aromatic heterocycles. The number of carboxylic acid groups (broad SMARTS) is 1. The van der Waals surface area contributed by atoms with Crippen LogP contribution in [0.1, 0.15) is 51.2 Å². The Hall–Kier alpha value is -3.07. The Morgan fingerprint density at radius 3 is 2.39 bits per heavy atom. The minimum absolute atomic E-state index is 0.0241. The topological polar surface area (TPSA) is 119 Å². The van der Waals surface area contributed by atoms with Gasteiger partial charge in [0, 0.05) is 27.3 Å². The summed E-state index contributed by atoms with van der Waals surface area (Å²) in [5, 5.41) is 23.4. The van der Waals surface area contributed by atoms with Crippen molar-refractivity contribution in [3.63, 3.8) is 0 Å². The first-order chi connectivity index (χ1) is 15.6. The van der Waals surface area contributed by atoms with Gasteiger partial charge in [0.25, 0.3) is 5.69 Å². The molecule has 0 heterocycles. The summed E-state index contributed by atoms with van der Waals surface area (Å²) in [7, 11) is 0. The van der Waals surface area contributed by atoms with Gasteiger partial charge in [-0.2, -0.15) is 0 Å². The van der Waals surface area contributed by atoms with Crippen molar-refractivity contribution in [1.82, 2.24) is 5.32 Å². The Bertz CT molecular complexity index is 980. The molecule has 0 spiro atoms. The van der Waals surface area contributed by atoms with E-state index in [2.05, 4.69) is 5.32 Å². The van der Waals surface area contributed by atoms with Crippen LogP contribution in [0.25, 0.3) is 0 Å². The van der Waals surface area contributed by atoms with Crippen molar-refractivity contribution in [2.24, 2.45) is 5.92 Å². The third-order valence-electron chi connectivity index (χ3n) is 5.05. The van der Waals surface area contributed by atoms with Crippen molar-refractivity contribution < 1.29 is 24.4 Å². The maximum Gasteiger partial charge on any atom is 0.407 e. The highest BCUT2D eigenvalue weighted by Crippen LogP contribution is 2.37. The average molecular weight is 475 g/mol. The van der Waals surface area contributed by atoms with Crippen LogP contribution in [0.5, 0.6) is 0 Å². The van der Waals surface area contributed by atoms with Crippen LogP contribution in [0.2, 0.25) is 0 Å². The van der Waals surface area contributed by atoms with Crippen LogP contribution < -0.4 is 5.32 Å². The number of nitrogens with zero attached hydrogens (tertiary/aromatic N) is 1. The Morgan fingerprint density at radius 2 is 1.85 bits per heavy atom. The molecule has 0 aliphatic rings. The average Bonchev–Trinajstić information content (AvgIpc) is 2.76. The standard InChI is InChI=1S/C24H30N2O6S/c1-5-17-12-21(26(30)31)19(13-22(17)33-18-9-7-6-8-10-18)16(4)14-32-24(29)25-20(23(27)28)11-15(2)3/h6-10,12-13,15-16,20H,5,11,14H2,1-4H3,(H,25,29)(H,27,28). The van der Waals surface area contributed by atoms with Gasteiger partial charge in [0.2, 0.25) is 0 Å². The molecule has 0 bridgehead atoms. The number of aryl methyl sites for hydroxylation is 1. The van der Waals surface area contributed by atoms with Crippen LogP contribution in [0.15, 0.2) is 52.3 Å². The van der Waals surface area contributed by atoms with E-state index >= 15 is 0 Å². The molecule has 0 saturated carbocycles. The van der Waals surface area contributed by atoms with Crippen molar-refractivity contribution in [2.45, 2.75) is 62.3 Å². The number of nitro groups is 1. The van der Waals surface area contributed by atoms with E-state index in [0.717, 1.165) is 15.4 Å². The van der Waals surface area contributed by atoms with Gasteiger partial charge in [-0.25, -0.2) is 9.59 Å². The first-order valence-corrected chi connectivity index (χ1v) is 11.6. The van der Waals surface area contributed by atoms with Gasteiger partial charge in [-0.3, -0.25) is 10.1 Å². The summed E-state index contributed by atoms with van der Waals surface area (Å²) in [5.41, 5.74) is 1.30. The molecule has 178 valence electrons.